The number of carbonyl (C=O) groups excluding carboxylic acids is 1. The number of carbonyl (C=O) groups is 1. The third kappa shape index (κ3) is 3.95. The molecule has 1 spiro atoms. The van der Waals surface area contributed by atoms with E-state index in [-0.39, 0.29) is 18.1 Å². The van der Waals surface area contributed by atoms with Gasteiger partial charge >= 0.3 is 0 Å². The van der Waals surface area contributed by atoms with Crippen molar-refractivity contribution in [3.8, 4) is 11.5 Å². The van der Waals surface area contributed by atoms with E-state index in [2.05, 4.69) is 46.6 Å². The molecule has 0 radical (unpaired) electrons. The average molecular weight is 503 g/mol. The molecule has 0 aromatic heterocycles. The standard InChI is InChI=1S/C31H38N2O4/c34-30(26-16-32-18-31(26)19-35-17-24-25(31)11-12-28-29(24)37-20-36-28)33-14-13-23(21-7-3-1-4-8-21)15-27(33)22-9-5-2-6-10-22/h1,3-4,7-8,11-12,22-23,26-27,32H,2,5-6,9-10,13-20H2. The van der Waals surface area contributed by atoms with Crippen LogP contribution in [0.5, 0.6) is 11.5 Å². The van der Waals surface area contributed by atoms with Crippen molar-refractivity contribution in [3.05, 3.63) is 59.2 Å². The van der Waals surface area contributed by atoms with Gasteiger partial charge in [-0.2, -0.15) is 0 Å². The fourth-order valence-corrected chi connectivity index (χ4v) is 8.03. The van der Waals surface area contributed by atoms with Crippen molar-refractivity contribution in [3.63, 3.8) is 0 Å². The minimum absolute atomic E-state index is 0.133. The molecular formula is C31H38N2O4. The molecule has 6 nitrogen and oxygen atoms in total. The van der Waals surface area contributed by atoms with Gasteiger partial charge in [-0.05, 0) is 54.7 Å². The molecule has 5 aliphatic rings. The highest BCUT2D eigenvalue weighted by Crippen LogP contribution is 2.49. The summed E-state index contributed by atoms with van der Waals surface area (Å²) in [5.41, 5.74) is 3.34. The maximum atomic E-state index is 14.6. The largest absolute Gasteiger partial charge is 0.454 e. The van der Waals surface area contributed by atoms with Crippen molar-refractivity contribution in [1.29, 1.82) is 0 Å². The van der Waals surface area contributed by atoms with Gasteiger partial charge in [-0.15, -0.1) is 0 Å². The zero-order valence-electron chi connectivity index (χ0n) is 21.6. The van der Waals surface area contributed by atoms with Crippen LogP contribution in [-0.2, 0) is 21.6 Å². The number of nitrogens with zero attached hydrogens (tertiary/aromatic N) is 1. The highest BCUT2D eigenvalue weighted by atomic mass is 16.7. The van der Waals surface area contributed by atoms with Crippen molar-refractivity contribution in [2.24, 2.45) is 11.8 Å². The summed E-state index contributed by atoms with van der Waals surface area (Å²) in [6.07, 6.45) is 8.54. The van der Waals surface area contributed by atoms with Crippen molar-refractivity contribution in [2.75, 3.05) is 33.0 Å². The van der Waals surface area contributed by atoms with Gasteiger partial charge in [-0.1, -0.05) is 55.7 Å². The minimum atomic E-state index is -0.362. The quantitative estimate of drug-likeness (QED) is 0.656. The second-order valence-corrected chi connectivity index (χ2v) is 11.8. The first-order valence-corrected chi connectivity index (χ1v) is 14.3. The molecule has 6 heteroatoms. The highest BCUT2D eigenvalue weighted by molar-refractivity contribution is 5.82. The lowest BCUT2D eigenvalue weighted by Crippen LogP contribution is -2.56. The maximum absolute atomic E-state index is 14.6. The molecule has 7 rings (SSSR count). The van der Waals surface area contributed by atoms with Crippen LogP contribution >= 0.6 is 0 Å². The van der Waals surface area contributed by atoms with E-state index in [1.54, 1.807) is 0 Å². The summed E-state index contributed by atoms with van der Waals surface area (Å²) < 4.78 is 17.7. The Morgan fingerprint density at radius 2 is 1.86 bits per heavy atom. The molecule has 4 aliphatic heterocycles. The van der Waals surface area contributed by atoms with E-state index in [0.717, 1.165) is 43.0 Å². The molecule has 1 saturated carbocycles. The van der Waals surface area contributed by atoms with Gasteiger partial charge in [0.15, 0.2) is 11.5 Å². The Balaban J connectivity index is 1.20. The number of hydrogen-bond donors (Lipinski definition) is 1. The molecule has 196 valence electrons. The maximum Gasteiger partial charge on any atom is 0.231 e. The molecule has 2 aromatic rings. The van der Waals surface area contributed by atoms with Crippen LogP contribution in [0, 0.1) is 11.8 Å². The number of benzene rings is 2. The summed E-state index contributed by atoms with van der Waals surface area (Å²) in [4.78, 5) is 16.9. The first kappa shape index (κ1) is 23.5. The third-order valence-corrected chi connectivity index (χ3v) is 9.93. The molecule has 37 heavy (non-hydrogen) atoms. The number of fused-ring (bicyclic) bond motifs is 4. The summed E-state index contributed by atoms with van der Waals surface area (Å²) in [5, 5.41) is 3.59. The predicted octanol–water partition coefficient (Wildman–Crippen LogP) is 4.76. The van der Waals surface area contributed by atoms with Crippen LogP contribution in [0.3, 0.4) is 0 Å². The van der Waals surface area contributed by atoms with E-state index < -0.39 is 0 Å². The highest BCUT2D eigenvalue weighted by Gasteiger charge is 2.54. The van der Waals surface area contributed by atoms with Crippen LogP contribution in [0.2, 0.25) is 0 Å². The number of ether oxygens (including phenoxy) is 3. The molecule has 2 aromatic carbocycles. The SMILES string of the molecule is O=C(C1CNCC12COCc1c2ccc2c1OCO2)N1CCC(c2ccccc2)CC1C1CCCCC1. The van der Waals surface area contributed by atoms with Crippen molar-refractivity contribution >= 4 is 5.91 Å². The smallest absolute Gasteiger partial charge is 0.231 e. The summed E-state index contributed by atoms with van der Waals surface area (Å²) in [6.45, 7) is 3.63. The van der Waals surface area contributed by atoms with E-state index in [1.807, 2.05) is 6.07 Å². The molecule has 2 saturated heterocycles. The number of likely N-dealkylation sites (tertiary alicyclic amines) is 1. The topological polar surface area (TPSA) is 60.0 Å². The fourth-order valence-electron chi connectivity index (χ4n) is 8.03. The molecule has 1 aliphatic carbocycles. The lowest BCUT2D eigenvalue weighted by molar-refractivity contribution is -0.144. The average Bonchev–Trinajstić information content (AvgIpc) is 3.62. The number of hydrogen-bond acceptors (Lipinski definition) is 5. The van der Waals surface area contributed by atoms with Gasteiger partial charge in [0.05, 0.1) is 19.1 Å². The second kappa shape index (κ2) is 9.63. The van der Waals surface area contributed by atoms with E-state index in [1.165, 1.54) is 43.2 Å². The summed E-state index contributed by atoms with van der Waals surface area (Å²) in [7, 11) is 0. The normalized spacial score (nSPS) is 31.5. The van der Waals surface area contributed by atoms with Crippen molar-refractivity contribution in [2.45, 2.75) is 68.9 Å². The van der Waals surface area contributed by atoms with E-state index in [0.29, 0.717) is 43.5 Å². The van der Waals surface area contributed by atoms with Crippen LogP contribution in [0.4, 0.5) is 0 Å². The molecule has 0 bridgehead atoms. The van der Waals surface area contributed by atoms with Gasteiger partial charge in [-0.25, -0.2) is 0 Å². The first-order chi connectivity index (χ1) is 18.2. The Hall–Kier alpha value is -2.57. The van der Waals surface area contributed by atoms with E-state index >= 15 is 0 Å². The minimum Gasteiger partial charge on any atom is -0.454 e. The van der Waals surface area contributed by atoms with Crippen LogP contribution in [0.1, 0.15) is 67.6 Å². The van der Waals surface area contributed by atoms with Gasteiger partial charge < -0.3 is 24.4 Å². The summed E-state index contributed by atoms with van der Waals surface area (Å²) in [6, 6.07) is 15.5. The van der Waals surface area contributed by atoms with Gasteiger partial charge in [0, 0.05) is 36.7 Å². The Kier molecular flexibility index (Phi) is 6.13. The van der Waals surface area contributed by atoms with Gasteiger partial charge in [0.2, 0.25) is 12.7 Å². The number of piperidine rings is 1. The molecule has 4 unspecified atom stereocenters. The van der Waals surface area contributed by atoms with Crippen LogP contribution < -0.4 is 14.8 Å². The predicted molar refractivity (Wildman–Crippen MR) is 141 cm³/mol. The third-order valence-electron chi connectivity index (χ3n) is 9.93. The van der Waals surface area contributed by atoms with E-state index in [4.69, 9.17) is 14.2 Å². The van der Waals surface area contributed by atoms with Crippen molar-refractivity contribution < 1.29 is 19.0 Å². The fraction of sp³-hybridized carbons (Fsp3) is 0.581. The molecule has 1 N–H and O–H groups in total. The van der Waals surface area contributed by atoms with E-state index in [9.17, 15) is 4.79 Å². The lowest BCUT2D eigenvalue weighted by atomic mass is 9.68. The lowest BCUT2D eigenvalue weighted by Gasteiger charge is -2.48. The molecular weight excluding hydrogens is 464 g/mol. The monoisotopic (exact) mass is 502 g/mol. The van der Waals surface area contributed by atoms with Crippen LogP contribution in [-0.4, -0.2) is 49.9 Å². The second-order valence-electron chi connectivity index (χ2n) is 11.8. The first-order valence-electron chi connectivity index (χ1n) is 14.3. The summed E-state index contributed by atoms with van der Waals surface area (Å²) in [5.74, 6) is 2.92. The number of nitrogens with one attached hydrogen (secondary N) is 1. The van der Waals surface area contributed by atoms with Gasteiger partial charge in [-0.3, -0.25) is 4.79 Å². The van der Waals surface area contributed by atoms with Gasteiger partial charge in [0.1, 0.15) is 0 Å². The Morgan fingerprint density at radius 3 is 2.73 bits per heavy atom. The molecule has 1 amide bonds. The van der Waals surface area contributed by atoms with Gasteiger partial charge in [0.25, 0.3) is 0 Å². The Bertz CT molecular complexity index is 1150. The van der Waals surface area contributed by atoms with Crippen LogP contribution in [0.25, 0.3) is 0 Å². The zero-order chi connectivity index (χ0) is 24.8. The Labute approximate surface area is 219 Å². The van der Waals surface area contributed by atoms with Crippen molar-refractivity contribution in [1.82, 2.24) is 10.2 Å². The number of amides is 1. The Morgan fingerprint density at radius 1 is 1.00 bits per heavy atom. The summed E-state index contributed by atoms with van der Waals surface area (Å²) >= 11 is 0. The van der Waals surface area contributed by atoms with Crippen LogP contribution in [0.15, 0.2) is 42.5 Å². The molecule has 4 atom stereocenters. The molecule has 3 fully saturated rings. The molecule has 4 heterocycles. The number of rotatable bonds is 3. The zero-order valence-corrected chi connectivity index (χ0v) is 21.6.